The predicted molar refractivity (Wildman–Crippen MR) is 128 cm³/mol. The van der Waals surface area contributed by atoms with Gasteiger partial charge >= 0.3 is 0 Å². The third-order valence-electron chi connectivity index (χ3n) is 4.57. The number of thioether (sulfide) groups is 1. The van der Waals surface area contributed by atoms with Crippen LogP contribution in [-0.4, -0.2) is 20.7 Å². The summed E-state index contributed by atoms with van der Waals surface area (Å²) in [5.74, 6) is 0.100. The van der Waals surface area contributed by atoms with E-state index in [1.54, 1.807) is 18.2 Å². The number of rotatable bonds is 7. The summed E-state index contributed by atoms with van der Waals surface area (Å²) in [6.07, 6.45) is 0. The Morgan fingerprint density at radius 1 is 1.06 bits per heavy atom. The highest BCUT2D eigenvalue weighted by Gasteiger charge is 2.17. The molecule has 0 aliphatic carbocycles. The zero-order valence-corrected chi connectivity index (χ0v) is 19.8. The van der Waals surface area contributed by atoms with Crippen LogP contribution in [0.2, 0.25) is 5.02 Å². The van der Waals surface area contributed by atoms with Crippen molar-refractivity contribution < 1.29 is 9.18 Å². The number of hydrogen-bond donors (Lipinski definition) is 1. The fourth-order valence-corrected chi connectivity index (χ4v) is 4.39. The maximum atomic E-state index is 13.9. The minimum Gasteiger partial charge on any atom is -0.345 e. The summed E-state index contributed by atoms with van der Waals surface area (Å²) in [6.45, 7) is 0.0749. The highest BCUT2D eigenvalue weighted by Crippen LogP contribution is 2.27. The van der Waals surface area contributed by atoms with Crippen molar-refractivity contribution in [3.05, 3.63) is 105 Å². The lowest BCUT2D eigenvalue weighted by Crippen LogP contribution is -2.25. The van der Waals surface area contributed by atoms with Gasteiger partial charge in [-0.2, -0.15) is 0 Å². The van der Waals surface area contributed by atoms with Crippen LogP contribution in [0.25, 0.3) is 5.69 Å². The number of nitrogens with zero attached hydrogens (tertiary/aromatic N) is 3. The van der Waals surface area contributed by atoms with Gasteiger partial charge in [0.2, 0.25) is 0 Å². The molecule has 162 valence electrons. The van der Waals surface area contributed by atoms with Crippen LogP contribution in [0.15, 0.2) is 82.4 Å². The summed E-state index contributed by atoms with van der Waals surface area (Å²) in [7, 11) is 0. The number of nitrogens with one attached hydrogen (secondary N) is 1. The van der Waals surface area contributed by atoms with Crippen molar-refractivity contribution in [3.63, 3.8) is 0 Å². The quantitative estimate of drug-likeness (QED) is 0.295. The van der Waals surface area contributed by atoms with Crippen molar-refractivity contribution in [2.24, 2.45) is 0 Å². The van der Waals surface area contributed by atoms with Gasteiger partial charge in [0.25, 0.3) is 5.91 Å². The first-order valence-electron chi connectivity index (χ1n) is 9.61. The average molecular weight is 532 g/mol. The molecule has 0 aliphatic heterocycles. The summed E-state index contributed by atoms with van der Waals surface area (Å²) in [4.78, 5) is 12.4. The first-order valence-corrected chi connectivity index (χ1v) is 11.8. The average Bonchev–Trinajstić information content (AvgIpc) is 3.20. The van der Waals surface area contributed by atoms with Gasteiger partial charge in [0.05, 0.1) is 17.8 Å². The molecule has 1 aromatic heterocycles. The molecule has 9 heteroatoms. The van der Waals surface area contributed by atoms with E-state index in [1.807, 2.05) is 41.0 Å². The van der Waals surface area contributed by atoms with Crippen LogP contribution in [-0.2, 0) is 12.3 Å². The molecule has 4 aromatic rings. The summed E-state index contributed by atoms with van der Waals surface area (Å²) in [6, 6.07) is 21.2. The van der Waals surface area contributed by atoms with E-state index in [-0.39, 0.29) is 12.1 Å². The van der Waals surface area contributed by atoms with Crippen molar-refractivity contribution >= 4 is 45.2 Å². The Labute approximate surface area is 202 Å². The number of amides is 1. The molecule has 4 rings (SSSR count). The van der Waals surface area contributed by atoms with Gasteiger partial charge in [0.1, 0.15) is 5.82 Å². The molecule has 0 saturated heterocycles. The number of hydrogen-bond acceptors (Lipinski definition) is 4. The molecule has 1 heterocycles. The van der Waals surface area contributed by atoms with Gasteiger partial charge in [-0.25, -0.2) is 4.39 Å². The van der Waals surface area contributed by atoms with Gasteiger partial charge in [-0.05, 0) is 48.0 Å². The Bertz CT molecular complexity index is 1250. The number of halogens is 3. The summed E-state index contributed by atoms with van der Waals surface area (Å²) in [5, 5.41) is 12.5. The summed E-state index contributed by atoms with van der Waals surface area (Å²) < 4.78 is 16.8. The Balaban J connectivity index is 1.58. The van der Waals surface area contributed by atoms with Crippen LogP contribution in [0.4, 0.5) is 4.39 Å². The van der Waals surface area contributed by atoms with Gasteiger partial charge in [0.15, 0.2) is 11.0 Å². The van der Waals surface area contributed by atoms with E-state index in [9.17, 15) is 9.18 Å². The third-order valence-corrected chi connectivity index (χ3v) is 6.34. The molecular formula is C23H17BrClFN4OS. The highest BCUT2D eigenvalue weighted by molar-refractivity contribution is 9.10. The largest absolute Gasteiger partial charge is 0.345 e. The van der Waals surface area contributed by atoms with Crippen LogP contribution >= 0.6 is 39.3 Å². The van der Waals surface area contributed by atoms with E-state index in [0.717, 1.165) is 15.7 Å². The molecule has 0 spiro atoms. The fraction of sp³-hybridized carbons (Fsp3) is 0.0870. The third kappa shape index (κ3) is 5.38. The fourth-order valence-electron chi connectivity index (χ4n) is 3.01. The number of aromatic nitrogens is 3. The molecule has 5 nitrogen and oxygen atoms in total. The molecule has 0 saturated carbocycles. The normalized spacial score (nSPS) is 10.8. The van der Waals surface area contributed by atoms with Crippen molar-refractivity contribution in [2.45, 2.75) is 17.5 Å². The first-order chi connectivity index (χ1) is 15.5. The van der Waals surface area contributed by atoms with E-state index in [0.29, 0.717) is 21.8 Å². The highest BCUT2D eigenvalue weighted by atomic mass is 79.9. The van der Waals surface area contributed by atoms with Gasteiger partial charge in [-0.15, -0.1) is 10.2 Å². The van der Waals surface area contributed by atoms with Crippen molar-refractivity contribution in [2.75, 3.05) is 0 Å². The molecule has 1 amide bonds. The van der Waals surface area contributed by atoms with E-state index in [1.165, 1.54) is 30.0 Å². The zero-order valence-electron chi connectivity index (χ0n) is 16.6. The molecule has 3 aromatic carbocycles. The number of benzene rings is 3. The molecule has 1 N–H and O–H groups in total. The standard InChI is InChI=1S/C23H17BrClFN4OS/c24-16-10-8-15(9-11-16)14-32-23-29-28-21(30(23)18-5-3-4-17(25)12-18)13-27-22(31)19-6-1-2-7-20(19)26/h1-12H,13-14H2,(H,27,31). The second kappa shape index (κ2) is 10.3. The maximum absolute atomic E-state index is 13.9. The van der Waals surface area contributed by atoms with Crippen LogP contribution < -0.4 is 5.32 Å². The Morgan fingerprint density at radius 2 is 1.84 bits per heavy atom. The maximum Gasteiger partial charge on any atom is 0.254 e. The van der Waals surface area contributed by atoms with Gasteiger partial charge in [-0.3, -0.25) is 9.36 Å². The van der Waals surface area contributed by atoms with Gasteiger partial charge in [-0.1, -0.05) is 69.6 Å². The molecule has 0 atom stereocenters. The molecule has 32 heavy (non-hydrogen) atoms. The SMILES string of the molecule is O=C(NCc1nnc(SCc2ccc(Br)cc2)n1-c1cccc(Cl)c1)c1ccccc1F. The first kappa shape index (κ1) is 22.5. The van der Waals surface area contributed by atoms with E-state index in [2.05, 4.69) is 31.4 Å². The molecule has 0 bridgehead atoms. The van der Waals surface area contributed by atoms with Crippen molar-refractivity contribution in [1.82, 2.24) is 20.1 Å². The monoisotopic (exact) mass is 530 g/mol. The number of carbonyl (C=O) groups excluding carboxylic acids is 1. The van der Waals surface area contributed by atoms with E-state index >= 15 is 0 Å². The van der Waals surface area contributed by atoms with Gasteiger partial charge in [0, 0.05) is 15.2 Å². The zero-order chi connectivity index (χ0) is 22.5. The minimum atomic E-state index is -0.577. The topological polar surface area (TPSA) is 59.8 Å². The lowest BCUT2D eigenvalue weighted by molar-refractivity contribution is 0.0945. The second-order valence-corrected chi connectivity index (χ2v) is 9.09. The van der Waals surface area contributed by atoms with Crippen LogP contribution in [0.1, 0.15) is 21.7 Å². The number of carbonyl (C=O) groups is 1. The molecular weight excluding hydrogens is 515 g/mol. The van der Waals surface area contributed by atoms with Crippen LogP contribution in [0.5, 0.6) is 0 Å². The lowest BCUT2D eigenvalue weighted by atomic mass is 10.2. The van der Waals surface area contributed by atoms with Crippen LogP contribution in [0, 0.1) is 5.82 Å². The van der Waals surface area contributed by atoms with Gasteiger partial charge < -0.3 is 5.32 Å². The van der Waals surface area contributed by atoms with Crippen LogP contribution in [0.3, 0.4) is 0 Å². The lowest BCUT2D eigenvalue weighted by Gasteiger charge is -2.12. The minimum absolute atomic E-state index is 0.0221. The molecule has 0 radical (unpaired) electrons. The Hall–Kier alpha value is -2.68. The summed E-state index contributed by atoms with van der Waals surface area (Å²) >= 11 is 11.2. The molecule has 0 unspecified atom stereocenters. The smallest absolute Gasteiger partial charge is 0.254 e. The van der Waals surface area contributed by atoms with E-state index in [4.69, 9.17) is 11.6 Å². The van der Waals surface area contributed by atoms with E-state index < -0.39 is 11.7 Å². The van der Waals surface area contributed by atoms with Crippen molar-refractivity contribution in [3.8, 4) is 5.69 Å². The molecule has 0 aliphatic rings. The predicted octanol–water partition coefficient (Wildman–Crippen LogP) is 6.04. The second-order valence-electron chi connectivity index (χ2n) is 6.79. The molecule has 0 fully saturated rings. The Kier molecular flexibility index (Phi) is 7.24. The Morgan fingerprint density at radius 3 is 2.59 bits per heavy atom. The summed E-state index contributed by atoms with van der Waals surface area (Å²) in [5.41, 5.74) is 1.88. The van der Waals surface area contributed by atoms with Crippen molar-refractivity contribution in [1.29, 1.82) is 0 Å².